The Morgan fingerprint density at radius 2 is 1.40 bits per heavy atom. The third-order valence-electron chi connectivity index (χ3n) is 16.7. The Balaban J connectivity index is 1.72. The molecule has 1 saturated heterocycles. The summed E-state index contributed by atoms with van der Waals surface area (Å²) in [5.41, 5.74) is 6.96. The van der Waals surface area contributed by atoms with Crippen LogP contribution in [0.2, 0.25) is 0 Å². The summed E-state index contributed by atoms with van der Waals surface area (Å²) < 4.78 is 17.7. The predicted octanol–water partition coefficient (Wildman–Crippen LogP) is 6.33. The lowest BCUT2D eigenvalue weighted by Gasteiger charge is -2.41. The monoisotopic (exact) mass is 1210 g/mol. The van der Waals surface area contributed by atoms with Crippen LogP contribution < -0.4 is 27.6 Å². The first-order valence-electron chi connectivity index (χ1n) is 30.0. The van der Waals surface area contributed by atoms with Crippen molar-refractivity contribution in [1.82, 2.24) is 25.3 Å². The highest BCUT2D eigenvalue weighted by molar-refractivity contribution is 5.97. The van der Waals surface area contributed by atoms with Gasteiger partial charge in [0.2, 0.25) is 23.6 Å². The second-order valence-electron chi connectivity index (χ2n) is 23.9. The van der Waals surface area contributed by atoms with E-state index in [4.69, 9.17) is 25.8 Å². The molecule has 1 fully saturated rings. The topological polar surface area (TPSA) is 326 Å². The summed E-state index contributed by atoms with van der Waals surface area (Å²) in [6.07, 6.45) is -0.360. The summed E-state index contributed by atoms with van der Waals surface area (Å²) in [4.78, 5) is 143. The zero-order valence-electron chi connectivity index (χ0n) is 52.8. The number of likely N-dealkylation sites (tertiary alicyclic amines) is 1. The number of nitrogens with zero attached hydrogens (tertiary/aromatic N) is 3. The van der Waals surface area contributed by atoms with Gasteiger partial charge in [0, 0.05) is 84.1 Å². The average Bonchev–Trinajstić information content (AvgIpc) is 2.29. The van der Waals surface area contributed by atoms with Crippen LogP contribution in [0, 0.1) is 47.3 Å². The van der Waals surface area contributed by atoms with E-state index in [1.165, 1.54) is 26.2 Å². The van der Waals surface area contributed by atoms with E-state index in [2.05, 4.69) is 20.8 Å². The van der Waals surface area contributed by atoms with Gasteiger partial charge in [0.05, 0.1) is 48.7 Å². The van der Waals surface area contributed by atoms with Crippen LogP contribution in [-0.2, 0) is 70.4 Å². The molecule has 2 aromatic rings. The lowest BCUT2D eigenvalue weighted by Crippen LogP contribution is -2.54. The lowest BCUT2D eigenvalue weighted by molar-refractivity contribution is -0.149. The molecule has 11 atom stereocenters. The summed E-state index contributed by atoms with van der Waals surface area (Å²) >= 11 is 0. The number of carboxylic acids is 1. The van der Waals surface area contributed by atoms with Crippen molar-refractivity contribution >= 4 is 64.8 Å². The highest BCUT2D eigenvalue weighted by Gasteiger charge is 2.44. The number of anilines is 1. The molecular weight excluding hydrogens is 1110 g/mol. The number of likely N-dealkylation sites (N-methyl/N-ethyl adjacent to an activating group) is 2. The summed E-state index contributed by atoms with van der Waals surface area (Å²) in [6.45, 7) is 16.4. The van der Waals surface area contributed by atoms with Gasteiger partial charge in [-0.2, -0.15) is 0 Å². The smallest absolute Gasteiger partial charge is 0.410 e. The number of hydrogen-bond donors (Lipinski definition) is 6. The molecule has 2 aromatic carbocycles. The molecular formula is C63H98N8O15. The largest absolute Gasteiger partial charge is 0.481 e. The third-order valence-corrected chi connectivity index (χ3v) is 16.7. The fourth-order valence-corrected chi connectivity index (χ4v) is 11.6. The van der Waals surface area contributed by atoms with Crippen molar-refractivity contribution in [3.8, 4) is 0 Å². The van der Waals surface area contributed by atoms with Gasteiger partial charge in [-0.05, 0) is 79.0 Å². The normalized spacial score (nSPS) is 16.8. The molecule has 0 aliphatic carbocycles. The number of benzene rings is 2. The molecule has 0 saturated carbocycles. The van der Waals surface area contributed by atoms with Crippen molar-refractivity contribution in [3.63, 3.8) is 0 Å². The first-order valence-corrected chi connectivity index (χ1v) is 30.0. The maximum Gasteiger partial charge on any atom is 0.410 e. The maximum absolute atomic E-state index is 14.8. The SMILES string of the molecule is CC[C@H](C)[C@@H]([C@@H](CC(=O)N1CCC[C@H]1[C@H](OC)[C@@H](C)C(=O)C[C@@H](Cc1ccccc1)C(=O)O)OC)N(C)C(=O)[C@@H](CC(=O)[C@H](C(C)C)N(C)C(=O)OCc1ccc(NC(=O)[C@H](CCCNC(N)=O)CC(=O)[C@@H](NC(=O)CON)C(C)C)cc1)C(C)C. The van der Waals surface area contributed by atoms with Gasteiger partial charge in [0.15, 0.2) is 11.6 Å². The number of nitrogens with one attached hydrogen (secondary N) is 3. The van der Waals surface area contributed by atoms with Crippen LogP contribution in [0.1, 0.15) is 131 Å². The van der Waals surface area contributed by atoms with Gasteiger partial charge in [0.1, 0.15) is 19.0 Å². The number of carbonyl (C=O) groups excluding carboxylic acids is 9. The summed E-state index contributed by atoms with van der Waals surface area (Å²) in [6, 6.07) is 11.9. The Labute approximate surface area is 508 Å². The summed E-state index contributed by atoms with van der Waals surface area (Å²) in [5, 5.41) is 18.0. The zero-order chi connectivity index (χ0) is 64.5. The van der Waals surface area contributed by atoms with Crippen molar-refractivity contribution < 1.29 is 72.1 Å². The first-order chi connectivity index (χ1) is 40.6. The molecule has 1 aliphatic rings. The minimum Gasteiger partial charge on any atom is -0.481 e. The summed E-state index contributed by atoms with van der Waals surface area (Å²) in [7, 11) is 6.13. The minimum absolute atomic E-state index is 0.0920. The minimum atomic E-state index is -1.07. The molecule has 0 unspecified atom stereocenters. The number of primary amides is 1. The maximum atomic E-state index is 14.8. The number of methoxy groups -OCH3 is 2. The van der Waals surface area contributed by atoms with Crippen molar-refractivity contribution in [2.45, 2.75) is 170 Å². The van der Waals surface area contributed by atoms with E-state index in [0.29, 0.717) is 43.5 Å². The van der Waals surface area contributed by atoms with Gasteiger partial charge in [-0.25, -0.2) is 15.5 Å². The Morgan fingerprint density at radius 1 is 0.756 bits per heavy atom. The Hall–Kier alpha value is -6.82. The van der Waals surface area contributed by atoms with Gasteiger partial charge in [0.25, 0.3) is 0 Å². The Bertz CT molecular complexity index is 2550. The number of carboxylic acid groups (broad SMARTS) is 1. The van der Waals surface area contributed by atoms with Crippen LogP contribution in [0.3, 0.4) is 0 Å². The number of urea groups is 1. The molecule has 23 nitrogen and oxygen atoms in total. The second-order valence-corrected chi connectivity index (χ2v) is 23.9. The van der Waals surface area contributed by atoms with Crippen LogP contribution >= 0.6 is 0 Å². The van der Waals surface area contributed by atoms with Crippen LogP contribution in [0.15, 0.2) is 54.6 Å². The molecule has 0 radical (unpaired) electrons. The van der Waals surface area contributed by atoms with E-state index in [1.54, 1.807) is 75.7 Å². The van der Waals surface area contributed by atoms with E-state index in [9.17, 15) is 53.1 Å². The predicted molar refractivity (Wildman–Crippen MR) is 323 cm³/mol. The highest BCUT2D eigenvalue weighted by atomic mass is 16.6. The van der Waals surface area contributed by atoms with Crippen LogP contribution in [0.25, 0.3) is 0 Å². The number of hydrogen-bond acceptors (Lipinski definition) is 15. The van der Waals surface area contributed by atoms with E-state index >= 15 is 0 Å². The first kappa shape index (κ1) is 73.4. The number of Topliss-reactive ketones (excluding diaryl/α,β-unsaturated/α-hetero) is 3. The van der Waals surface area contributed by atoms with Crippen LogP contribution in [-0.4, -0.2) is 163 Å². The molecule has 480 valence electrons. The molecule has 0 bridgehead atoms. The second kappa shape index (κ2) is 36.4. The van der Waals surface area contributed by atoms with E-state index < -0.39 is 96.6 Å². The fourth-order valence-electron chi connectivity index (χ4n) is 11.6. The van der Waals surface area contributed by atoms with Gasteiger partial charge in [-0.3, -0.25) is 43.2 Å². The number of rotatable bonds is 38. The number of ether oxygens (including phenoxy) is 3. The Kier molecular flexibility index (Phi) is 31.0. The van der Waals surface area contributed by atoms with Crippen LogP contribution in [0.5, 0.6) is 0 Å². The summed E-state index contributed by atoms with van der Waals surface area (Å²) in [5.74, 6) is -3.14. The number of aliphatic carboxylic acids is 1. The van der Waals surface area contributed by atoms with Gasteiger partial charge in [-0.15, -0.1) is 0 Å². The third kappa shape index (κ3) is 22.2. The molecule has 1 heterocycles. The fraction of sp³-hybridized carbons (Fsp3) is 0.651. The van der Waals surface area contributed by atoms with E-state index in [1.807, 2.05) is 58.0 Å². The van der Waals surface area contributed by atoms with Crippen molar-refractivity contribution in [3.05, 3.63) is 65.7 Å². The molecule has 8 N–H and O–H groups in total. The highest BCUT2D eigenvalue weighted by Crippen LogP contribution is 2.32. The van der Waals surface area contributed by atoms with Crippen molar-refractivity contribution in [2.75, 3.05) is 53.3 Å². The number of nitrogens with two attached hydrogens (primary N) is 2. The standard InChI is InChI=1S/C63H98N8O15/c1-14-40(8)57(52(83-12)34-54(76)71-29-19-23-48(71)58(84-13)41(9)49(72)32-45(61(79)80)30-42-20-16-15-17-21-42)69(10)60(78)47(37(2)3)33-51(74)56(39(6)7)70(11)63(82)85-35-43-24-26-46(27-25-43)67-59(77)44(22-18-28-66-62(64)81)31-50(73)55(38(4)5)68-53(75)36-86-65/h15-17,20-21,24-27,37-41,44-45,47-48,52,55-58H,14,18-19,22-23,28-36,65H2,1-13H3,(H,67,77)(H,68,75)(H,79,80)(H3,64,66,81)/t40-,41-,44+,45+,47-,48-,52+,55-,56-,57-,58+/m0/s1. The van der Waals surface area contributed by atoms with Gasteiger partial charge < -0.3 is 55.7 Å². The number of amides is 7. The van der Waals surface area contributed by atoms with Gasteiger partial charge >= 0.3 is 18.1 Å². The molecule has 7 amide bonds. The number of ketones is 3. The zero-order valence-corrected chi connectivity index (χ0v) is 52.8. The number of carbonyl (C=O) groups is 10. The Morgan fingerprint density at radius 3 is 1.94 bits per heavy atom. The molecule has 86 heavy (non-hydrogen) atoms. The van der Waals surface area contributed by atoms with Crippen LogP contribution in [0.4, 0.5) is 15.3 Å². The van der Waals surface area contributed by atoms with E-state index in [0.717, 1.165) is 5.56 Å². The van der Waals surface area contributed by atoms with Crippen molar-refractivity contribution in [2.24, 2.45) is 59.0 Å². The molecule has 3 rings (SSSR count). The van der Waals surface area contributed by atoms with E-state index in [-0.39, 0.29) is 105 Å². The van der Waals surface area contributed by atoms with Gasteiger partial charge in [-0.1, -0.05) is 111 Å². The molecule has 0 aromatic heterocycles. The quantitative estimate of drug-likeness (QED) is 0.0316. The molecule has 0 spiro atoms. The lowest BCUT2D eigenvalue weighted by atomic mass is 9.83. The van der Waals surface area contributed by atoms with Crippen molar-refractivity contribution in [1.29, 1.82) is 0 Å². The molecule has 1 aliphatic heterocycles. The average molecular weight is 1210 g/mol. The molecule has 23 heteroatoms.